The molecule has 1 aliphatic heterocycles. The standard InChI is InChI=1S/C12H14F3N5S/c1-2-9-18-10-4-3-7(6-20(10)19-9)17-11-16-5-8(21-11)12(13,14)15/h5,7H,2-4,6H2,1H3,(H,16,17). The monoisotopic (exact) mass is 317 g/mol. The Bertz CT molecular complexity index is 633. The molecule has 3 heterocycles. The smallest absolute Gasteiger partial charge is 0.357 e. The van der Waals surface area contributed by atoms with E-state index in [-0.39, 0.29) is 6.04 Å². The predicted octanol–water partition coefficient (Wildman–Crippen LogP) is 2.74. The van der Waals surface area contributed by atoms with Gasteiger partial charge in [0, 0.05) is 18.9 Å². The maximum absolute atomic E-state index is 12.5. The second-order valence-corrected chi connectivity index (χ2v) is 5.92. The minimum atomic E-state index is -4.33. The fourth-order valence-electron chi connectivity index (χ4n) is 2.27. The summed E-state index contributed by atoms with van der Waals surface area (Å²) in [7, 11) is 0. The van der Waals surface area contributed by atoms with Crippen LogP contribution in [-0.2, 0) is 25.6 Å². The number of thiazole rings is 1. The number of anilines is 1. The zero-order valence-electron chi connectivity index (χ0n) is 11.3. The highest BCUT2D eigenvalue weighted by Gasteiger charge is 2.33. The van der Waals surface area contributed by atoms with E-state index in [0.717, 1.165) is 37.1 Å². The fraction of sp³-hybridized carbons (Fsp3) is 0.583. The van der Waals surface area contributed by atoms with Crippen molar-refractivity contribution < 1.29 is 13.2 Å². The number of nitrogens with one attached hydrogen (secondary N) is 1. The number of halogens is 3. The zero-order chi connectivity index (χ0) is 15.0. The molecule has 1 aliphatic rings. The van der Waals surface area contributed by atoms with Crippen LogP contribution in [-0.4, -0.2) is 25.8 Å². The van der Waals surface area contributed by atoms with E-state index < -0.39 is 11.1 Å². The van der Waals surface area contributed by atoms with Crippen molar-refractivity contribution in [2.45, 2.75) is 44.9 Å². The molecular formula is C12H14F3N5S. The van der Waals surface area contributed by atoms with Gasteiger partial charge in [-0.25, -0.2) is 14.6 Å². The summed E-state index contributed by atoms with van der Waals surface area (Å²) in [5.41, 5.74) is 0. The number of alkyl halides is 3. The molecule has 2 aromatic rings. The largest absolute Gasteiger partial charge is 0.427 e. The van der Waals surface area contributed by atoms with Crippen LogP contribution in [0.3, 0.4) is 0 Å². The molecule has 3 rings (SSSR count). The van der Waals surface area contributed by atoms with E-state index in [0.29, 0.717) is 23.0 Å². The predicted molar refractivity (Wildman–Crippen MR) is 72.2 cm³/mol. The summed E-state index contributed by atoms with van der Waals surface area (Å²) in [6.07, 6.45) is -1.12. The van der Waals surface area contributed by atoms with Gasteiger partial charge in [0.15, 0.2) is 11.0 Å². The van der Waals surface area contributed by atoms with Gasteiger partial charge in [-0.05, 0) is 6.42 Å². The molecule has 0 spiro atoms. The summed E-state index contributed by atoms with van der Waals surface area (Å²) < 4.78 is 39.4. The first-order valence-electron chi connectivity index (χ1n) is 6.68. The van der Waals surface area contributed by atoms with Gasteiger partial charge in [-0.1, -0.05) is 18.3 Å². The second-order valence-electron chi connectivity index (χ2n) is 4.89. The van der Waals surface area contributed by atoms with E-state index >= 15 is 0 Å². The average Bonchev–Trinajstić information content (AvgIpc) is 3.03. The van der Waals surface area contributed by atoms with Crippen LogP contribution < -0.4 is 5.32 Å². The van der Waals surface area contributed by atoms with Crippen molar-refractivity contribution in [2.24, 2.45) is 0 Å². The molecule has 1 atom stereocenters. The molecule has 2 aromatic heterocycles. The van der Waals surface area contributed by atoms with E-state index in [9.17, 15) is 13.2 Å². The summed E-state index contributed by atoms with van der Waals surface area (Å²) >= 11 is 0.632. The number of aromatic nitrogens is 4. The number of fused-ring (bicyclic) bond motifs is 1. The Hall–Kier alpha value is -1.64. The van der Waals surface area contributed by atoms with Gasteiger partial charge >= 0.3 is 6.18 Å². The maximum Gasteiger partial charge on any atom is 0.427 e. The first-order valence-corrected chi connectivity index (χ1v) is 7.49. The van der Waals surface area contributed by atoms with Crippen LogP contribution in [0, 0.1) is 0 Å². The molecule has 0 fully saturated rings. The van der Waals surface area contributed by atoms with Crippen molar-refractivity contribution in [2.75, 3.05) is 5.32 Å². The minimum Gasteiger partial charge on any atom is -0.357 e. The number of hydrogen-bond donors (Lipinski definition) is 1. The number of nitrogens with zero attached hydrogens (tertiary/aromatic N) is 4. The third-order valence-corrected chi connectivity index (χ3v) is 4.30. The highest BCUT2D eigenvalue weighted by atomic mass is 32.1. The Morgan fingerprint density at radius 3 is 2.95 bits per heavy atom. The lowest BCUT2D eigenvalue weighted by molar-refractivity contribution is -0.134. The van der Waals surface area contributed by atoms with E-state index in [1.165, 1.54) is 0 Å². The van der Waals surface area contributed by atoms with Crippen molar-refractivity contribution in [3.05, 3.63) is 22.7 Å². The van der Waals surface area contributed by atoms with Gasteiger partial charge in [-0.3, -0.25) is 0 Å². The van der Waals surface area contributed by atoms with Gasteiger partial charge in [0.25, 0.3) is 0 Å². The third-order valence-electron chi connectivity index (χ3n) is 3.33. The first kappa shape index (κ1) is 14.3. The summed E-state index contributed by atoms with van der Waals surface area (Å²) in [5, 5.41) is 7.73. The highest BCUT2D eigenvalue weighted by molar-refractivity contribution is 7.15. The fourth-order valence-corrected chi connectivity index (χ4v) is 3.04. The lowest BCUT2D eigenvalue weighted by Crippen LogP contribution is -2.31. The van der Waals surface area contributed by atoms with Crippen LogP contribution >= 0.6 is 11.3 Å². The molecule has 0 aromatic carbocycles. The lowest BCUT2D eigenvalue weighted by atomic mass is 10.1. The number of hydrogen-bond acceptors (Lipinski definition) is 5. The molecule has 0 radical (unpaired) electrons. The van der Waals surface area contributed by atoms with Gasteiger partial charge in [0.1, 0.15) is 10.7 Å². The molecule has 21 heavy (non-hydrogen) atoms. The Kier molecular flexibility index (Phi) is 3.60. The molecule has 0 bridgehead atoms. The second kappa shape index (κ2) is 5.28. The molecule has 5 nitrogen and oxygen atoms in total. The Balaban J connectivity index is 1.68. The van der Waals surface area contributed by atoms with Crippen molar-refractivity contribution >= 4 is 16.5 Å². The van der Waals surface area contributed by atoms with Gasteiger partial charge in [0.05, 0.1) is 12.7 Å². The van der Waals surface area contributed by atoms with Gasteiger partial charge < -0.3 is 5.32 Å². The number of rotatable bonds is 3. The quantitative estimate of drug-likeness (QED) is 0.946. The van der Waals surface area contributed by atoms with Gasteiger partial charge in [-0.2, -0.15) is 18.3 Å². The Morgan fingerprint density at radius 1 is 1.48 bits per heavy atom. The summed E-state index contributed by atoms with van der Waals surface area (Å²) in [4.78, 5) is 7.52. The van der Waals surface area contributed by atoms with Crippen LogP contribution in [0.1, 0.15) is 29.9 Å². The van der Waals surface area contributed by atoms with E-state index in [1.54, 1.807) is 0 Å². The Labute approximate surface area is 123 Å². The van der Waals surface area contributed by atoms with Crippen LogP contribution in [0.25, 0.3) is 0 Å². The summed E-state index contributed by atoms with van der Waals surface area (Å²) in [6, 6.07) is 0.0242. The topological polar surface area (TPSA) is 55.6 Å². The lowest BCUT2D eigenvalue weighted by Gasteiger charge is -2.23. The van der Waals surface area contributed by atoms with Crippen LogP contribution in [0.5, 0.6) is 0 Å². The Morgan fingerprint density at radius 2 is 2.29 bits per heavy atom. The van der Waals surface area contributed by atoms with Crippen LogP contribution in [0.2, 0.25) is 0 Å². The average molecular weight is 317 g/mol. The van der Waals surface area contributed by atoms with Crippen LogP contribution in [0.15, 0.2) is 6.20 Å². The first-order chi connectivity index (χ1) is 9.95. The summed E-state index contributed by atoms with van der Waals surface area (Å²) in [5.74, 6) is 1.75. The molecule has 1 unspecified atom stereocenters. The molecule has 0 saturated heterocycles. The molecule has 114 valence electrons. The molecule has 0 aliphatic carbocycles. The normalized spacial score (nSPS) is 18.6. The van der Waals surface area contributed by atoms with Crippen molar-refractivity contribution in [3.8, 4) is 0 Å². The van der Waals surface area contributed by atoms with Crippen molar-refractivity contribution in [1.82, 2.24) is 19.7 Å². The zero-order valence-corrected chi connectivity index (χ0v) is 12.1. The summed E-state index contributed by atoms with van der Waals surface area (Å²) in [6.45, 7) is 2.59. The highest BCUT2D eigenvalue weighted by Crippen LogP contribution is 2.35. The van der Waals surface area contributed by atoms with Crippen molar-refractivity contribution in [1.29, 1.82) is 0 Å². The maximum atomic E-state index is 12.5. The molecule has 0 amide bonds. The molecule has 0 saturated carbocycles. The SMILES string of the molecule is CCc1nc2n(n1)CC(Nc1ncc(C(F)(F)F)s1)CC2. The number of aryl methyl sites for hydroxylation is 2. The van der Waals surface area contributed by atoms with E-state index in [1.807, 2.05) is 11.6 Å². The van der Waals surface area contributed by atoms with Crippen molar-refractivity contribution in [3.63, 3.8) is 0 Å². The van der Waals surface area contributed by atoms with Gasteiger partial charge in [0.2, 0.25) is 0 Å². The molecular weight excluding hydrogens is 303 g/mol. The van der Waals surface area contributed by atoms with E-state index in [4.69, 9.17) is 0 Å². The van der Waals surface area contributed by atoms with Crippen LogP contribution in [0.4, 0.5) is 18.3 Å². The van der Waals surface area contributed by atoms with Gasteiger partial charge in [-0.15, -0.1) is 0 Å². The third kappa shape index (κ3) is 3.02. The minimum absolute atomic E-state index is 0.0242. The molecule has 1 N–H and O–H groups in total. The van der Waals surface area contributed by atoms with E-state index in [2.05, 4.69) is 20.4 Å². The molecule has 9 heteroatoms.